The lowest BCUT2D eigenvalue weighted by Crippen LogP contribution is -2.23. The van der Waals surface area contributed by atoms with Crippen molar-refractivity contribution in [2.75, 3.05) is 0 Å². The van der Waals surface area contributed by atoms with Gasteiger partial charge in [0, 0.05) is 17.8 Å². The van der Waals surface area contributed by atoms with Crippen LogP contribution in [0.5, 0.6) is 0 Å². The lowest BCUT2D eigenvalue weighted by atomic mass is 10.1. The van der Waals surface area contributed by atoms with Crippen LogP contribution in [0.2, 0.25) is 0 Å². The number of hydrogen-bond donors (Lipinski definition) is 2. The van der Waals surface area contributed by atoms with E-state index in [1.807, 2.05) is 41.8 Å². The Kier molecular flexibility index (Phi) is 5.12. The predicted molar refractivity (Wildman–Crippen MR) is 76.9 cm³/mol. The van der Waals surface area contributed by atoms with Crippen LogP contribution in [0.1, 0.15) is 22.4 Å². The van der Waals surface area contributed by atoms with Crippen molar-refractivity contribution in [2.45, 2.75) is 26.0 Å². The Labute approximate surface area is 116 Å². The molecule has 100 valence electrons. The fraction of sp³-hybridized carbons (Fsp3) is 0.267. The molecule has 1 amide bonds. The molecule has 2 N–H and O–H groups in total. The van der Waals surface area contributed by atoms with E-state index in [1.165, 1.54) is 4.88 Å². The average molecular weight is 275 g/mol. The van der Waals surface area contributed by atoms with Gasteiger partial charge in [-0.1, -0.05) is 30.3 Å². The molecule has 19 heavy (non-hydrogen) atoms. The zero-order valence-electron chi connectivity index (χ0n) is 10.6. The van der Waals surface area contributed by atoms with Crippen LogP contribution in [0.25, 0.3) is 0 Å². The van der Waals surface area contributed by atoms with Crippen LogP contribution < -0.4 is 5.32 Å². The minimum Gasteiger partial charge on any atom is -0.392 e. The van der Waals surface area contributed by atoms with Crippen molar-refractivity contribution in [3.8, 4) is 0 Å². The summed E-state index contributed by atoms with van der Waals surface area (Å²) in [6, 6.07) is 11.6. The number of nitrogens with one attached hydrogen (secondary N) is 1. The molecule has 1 heterocycles. The SMILES string of the molecule is O=C(CCc1cccs1)NCc1ccccc1CO. The highest BCUT2D eigenvalue weighted by Crippen LogP contribution is 2.11. The Bertz CT molecular complexity index is 523. The highest BCUT2D eigenvalue weighted by atomic mass is 32.1. The van der Waals surface area contributed by atoms with Gasteiger partial charge in [-0.2, -0.15) is 0 Å². The summed E-state index contributed by atoms with van der Waals surface area (Å²) in [4.78, 5) is 13.0. The van der Waals surface area contributed by atoms with Crippen molar-refractivity contribution in [1.29, 1.82) is 0 Å². The molecule has 0 aliphatic rings. The second kappa shape index (κ2) is 7.07. The monoisotopic (exact) mass is 275 g/mol. The number of thiophene rings is 1. The zero-order valence-corrected chi connectivity index (χ0v) is 11.5. The molecule has 1 aromatic heterocycles. The molecule has 0 unspecified atom stereocenters. The molecule has 0 bridgehead atoms. The molecular weight excluding hydrogens is 258 g/mol. The number of benzene rings is 1. The maximum absolute atomic E-state index is 11.7. The van der Waals surface area contributed by atoms with Crippen LogP contribution in [0.4, 0.5) is 0 Å². The Hall–Kier alpha value is -1.65. The van der Waals surface area contributed by atoms with Gasteiger partial charge in [0.15, 0.2) is 0 Å². The molecule has 1 aromatic carbocycles. The highest BCUT2D eigenvalue weighted by Gasteiger charge is 2.05. The van der Waals surface area contributed by atoms with Gasteiger partial charge in [-0.05, 0) is 29.0 Å². The minimum atomic E-state index is 0.00123. The second-order valence-electron chi connectivity index (χ2n) is 4.28. The first-order valence-electron chi connectivity index (χ1n) is 6.26. The molecular formula is C15H17NO2S. The van der Waals surface area contributed by atoms with E-state index in [-0.39, 0.29) is 12.5 Å². The zero-order chi connectivity index (χ0) is 13.5. The van der Waals surface area contributed by atoms with Gasteiger partial charge in [0.1, 0.15) is 0 Å². The lowest BCUT2D eigenvalue weighted by Gasteiger charge is -2.08. The Morgan fingerprint density at radius 1 is 1.16 bits per heavy atom. The van der Waals surface area contributed by atoms with E-state index >= 15 is 0 Å². The van der Waals surface area contributed by atoms with Crippen molar-refractivity contribution in [2.24, 2.45) is 0 Å². The summed E-state index contributed by atoms with van der Waals surface area (Å²) in [6.45, 7) is 0.473. The summed E-state index contributed by atoms with van der Waals surface area (Å²) in [5, 5.41) is 14.1. The highest BCUT2D eigenvalue weighted by molar-refractivity contribution is 7.09. The largest absolute Gasteiger partial charge is 0.392 e. The maximum Gasteiger partial charge on any atom is 0.220 e. The number of aliphatic hydroxyl groups excluding tert-OH is 1. The van der Waals surface area contributed by atoms with Crippen molar-refractivity contribution >= 4 is 17.2 Å². The topological polar surface area (TPSA) is 49.3 Å². The molecule has 0 aliphatic carbocycles. The molecule has 0 spiro atoms. The van der Waals surface area contributed by atoms with Gasteiger partial charge in [0.25, 0.3) is 0 Å². The fourth-order valence-electron chi connectivity index (χ4n) is 1.86. The number of rotatable bonds is 6. The molecule has 0 atom stereocenters. The van der Waals surface area contributed by atoms with E-state index < -0.39 is 0 Å². The van der Waals surface area contributed by atoms with Crippen LogP contribution in [0.3, 0.4) is 0 Å². The molecule has 2 rings (SSSR count). The molecule has 3 nitrogen and oxygen atoms in total. The first-order valence-corrected chi connectivity index (χ1v) is 7.14. The van der Waals surface area contributed by atoms with E-state index in [2.05, 4.69) is 5.32 Å². The van der Waals surface area contributed by atoms with Gasteiger partial charge in [-0.3, -0.25) is 4.79 Å². The molecule has 0 saturated carbocycles. The number of carbonyl (C=O) groups is 1. The predicted octanol–water partition coefficient (Wildman–Crippen LogP) is 2.49. The van der Waals surface area contributed by atoms with Crippen molar-refractivity contribution in [1.82, 2.24) is 5.32 Å². The van der Waals surface area contributed by atoms with E-state index in [0.29, 0.717) is 13.0 Å². The van der Waals surface area contributed by atoms with Crippen LogP contribution in [0, 0.1) is 0 Å². The Balaban J connectivity index is 1.80. The van der Waals surface area contributed by atoms with E-state index in [0.717, 1.165) is 17.5 Å². The van der Waals surface area contributed by atoms with Crippen LogP contribution >= 0.6 is 11.3 Å². The average Bonchev–Trinajstić information content (AvgIpc) is 2.96. The third-order valence-corrected chi connectivity index (χ3v) is 3.88. The van der Waals surface area contributed by atoms with Gasteiger partial charge < -0.3 is 10.4 Å². The number of carbonyl (C=O) groups excluding carboxylic acids is 1. The number of aryl methyl sites for hydroxylation is 1. The second-order valence-corrected chi connectivity index (χ2v) is 5.32. The van der Waals surface area contributed by atoms with Crippen molar-refractivity contribution < 1.29 is 9.90 Å². The van der Waals surface area contributed by atoms with Gasteiger partial charge in [-0.25, -0.2) is 0 Å². The third-order valence-electron chi connectivity index (χ3n) is 2.94. The molecule has 4 heteroatoms. The van der Waals surface area contributed by atoms with Crippen molar-refractivity contribution in [3.05, 3.63) is 57.8 Å². The standard InChI is InChI=1S/C15H17NO2S/c17-11-13-5-2-1-4-12(13)10-16-15(18)8-7-14-6-3-9-19-14/h1-6,9,17H,7-8,10-11H2,(H,16,18). The maximum atomic E-state index is 11.7. The Morgan fingerprint density at radius 3 is 2.63 bits per heavy atom. The molecule has 0 radical (unpaired) electrons. The van der Waals surface area contributed by atoms with Crippen molar-refractivity contribution in [3.63, 3.8) is 0 Å². The van der Waals surface area contributed by atoms with Crippen LogP contribution in [0.15, 0.2) is 41.8 Å². The van der Waals surface area contributed by atoms with Gasteiger partial charge in [-0.15, -0.1) is 11.3 Å². The van der Waals surface area contributed by atoms with Gasteiger partial charge in [0.2, 0.25) is 5.91 Å². The summed E-state index contributed by atoms with van der Waals surface area (Å²) >= 11 is 1.67. The molecule has 0 aliphatic heterocycles. The van der Waals surface area contributed by atoms with Gasteiger partial charge in [0.05, 0.1) is 6.61 Å². The summed E-state index contributed by atoms with van der Waals surface area (Å²) in [6.07, 6.45) is 1.28. The lowest BCUT2D eigenvalue weighted by molar-refractivity contribution is -0.121. The van der Waals surface area contributed by atoms with Crippen LogP contribution in [-0.4, -0.2) is 11.0 Å². The van der Waals surface area contributed by atoms with E-state index in [9.17, 15) is 9.90 Å². The summed E-state index contributed by atoms with van der Waals surface area (Å²) in [5.41, 5.74) is 1.83. The van der Waals surface area contributed by atoms with E-state index in [1.54, 1.807) is 11.3 Å². The molecule has 0 fully saturated rings. The number of aliphatic hydroxyl groups is 1. The van der Waals surface area contributed by atoms with Crippen LogP contribution in [-0.2, 0) is 24.4 Å². The third kappa shape index (κ3) is 4.19. The first-order chi connectivity index (χ1) is 9.29. The minimum absolute atomic E-state index is 0.00123. The molecule has 2 aromatic rings. The normalized spacial score (nSPS) is 10.4. The Morgan fingerprint density at radius 2 is 1.95 bits per heavy atom. The van der Waals surface area contributed by atoms with E-state index in [4.69, 9.17) is 0 Å². The first kappa shape index (κ1) is 13.8. The smallest absolute Gasteiger partial charge is 0.220 e. The summed E-state index contributed by atoms with van der Waals surface area (Å²) in [5.74, 6) is 0.0427. The summed E-state index contributed by atoms with van der Waals surface area (Å²) in [7, 11) is 0. The summed E-state index contributed by atoms with van der Waals surface area (Å²) < 4.78 is 0. The quantitative estimate of drug-likeness (QED) is 0.851. The number of hydrogen-bond acceptors (Lipinski definition) is 3. The van der Waals surface area contributed by atoms with Gasteiger partial charge >= 0.3 is 0 Å². The number of amides is 1. The fourth-order valence-corrected chi connectivity index (χ4v) is 2.57. The molecule has 0 saturated heterocycles.